The Labute approximate surface area is 119 Å². The molecule has 1 aromatic carbocycles. The van der Waals surface area contributed by atoms with Gasteiger partial charge in [-0.3, -0.25) is 4.79 Å². The molecule has 0 spiro atoms. The van der Waals surface area contributed by atoms with E-state index in [1.54, 1.807) is 36.5 Å². The zero-order valence-corrected chi connectivity index (χ0v) is 11.0. The molecule has 2 aromatic heterocycles. The Kier molecular flexibility index (Phi) is 3.30. The molecule has 0 saturated heterocycles. The van der Waals surface area contributed by atoms with E-state index in [1.165, 1.54) is 10.8 Å². The van der Waals surface area contributed by atoms with Gasteiger partial charge in [-0.2, -0.15) is 10.1 Å². The molecule has 7 heteroatoms. The quantitative estimate of drug-likeness (QED) is 0.544. The Morgan fingerprint density at radius 2 is 2.05 bits per heavy atom. The molecule has 0 bridgehead atoms. The molecule has 6 nitrogen and oxygen atoms in total. The van der Waals surface area contributed by atoms with E-state index < -0.39 is 5.97 Å². The van der Waals surface area contributed by atoms with Gasteiger partial charge in [0.1, 0.15) is 12.1 Å². The van der Waals surface area contributed by atoms with Crippen LogP contribution in [-0.2, 0) is 11.2 Å². The van der Waals surface area contributed by atoms with E-state index in [1.807, 2.05) is 0 Å². The number of hydrogen-bond acceptors (Lipinski definition) is 5. The third-order valence-corrected chi connectivity index (χ3v) is 2.83. The molecule has 3 rings (SSSR count). The third kappa shape index (κ3) is 2.75. The van der Waals surface area contributed by atoms with E-state index >= 15 is 0 Å². The molecule has 0 saturated carbocycles. The highest BCUT2D eigenvalue weighted by Crippen LogP contribution is 2.16. The summed E-state index contributed by atoms with van der Waals surface area (Å²) in [4.78, 5) is 20.0. The average Bonchev–Trinajstić information content (AvgIpc) is 2.89. The van der Waals surface area contributed by atoms with E-state index in [0.717, 1.165) is 0 Å². The summed E-state index contributed by atoms with van der Waals surface area (Å²) < 4.78 is 6.71. The molecule has 0 atom stereocenters. The lowest BCUT2D eigenvalue weighted by Gasteiger charge is -2.04. The van der Waals surface area contributed by atoms with Gasteiger partial charge in [0, 0.05) is 11.2 Å². The number of hydrogen-bond donors (Lipinski definition) is 0. The van der Waals surface area contributed by atoms with Crippen LogP contribution in [0.1, 0.15) is 5.69 Å². The predicted octanol–water partition coefficient (Wildman–Crippen LogP) is 1.93. The summed E-state index contributed by atoms with van der Waals surface area (Å²) in [5.74, 6) is 0.494. The topological polar surface area (TPSA) is 69.4 Å². The molecule has 3 aromatic rings. The summed E-state index contributed by atoms with van der Waals surface area (Å²) in [7, 11) is 0. The number of carbonyl (C=O) groups excluding carboxylic acids is 1. The van der Waals surface area contributed by atoms with Crippen LogP contribution in [0.4, 0.5) is 0 Å². The van der Waals surface area contributed by atoms with Gasteiger partial charge in [-0.05, 0) is 30.3 Å². The SMILES string of the molecule is O=C(Cc1ccn2ncnc2n1)Oc1ccc(Cl)cc1. The van der Waals surface area contributed by atoms with Crippen molar-refractivity contribution in [1.29, 1.82) is 0 Å². The number of halogens is 1. The van der Waals surface area contributed by atoms with Crippen molar-refractivity contribution in [3.8, 4) is 5.75 Å². The van der Waals surface area contributed by atoms with Crippen molar-refractivity contribution in [2.75, 3.05) is 0 Å². The van der Waals surface area contributed by atoms with Crippen molar-refractivity contribution in [2.24, 2.45) is 0 Å². The van der Waals surface area contributed by atoms with Crippen molar-refractivity contribution >= 4 is 23.3 Å². The summed E-state index contributed by atoms with van der Waals surface area (Å²) in [6.07, 6.45) is 3.16. The zero-order chi connectivity index (χ0) is 13.9. The van der Waals surface area contributed by atoms with Gasteiger partial charge >= 0.3 is 5.97 Å². The van der Waals surface area contributed by atoms with Crippen molar-refractivity contribution in [3.63, 3.8) is 0 Å². The van der Waals surface area contributed by atoms with E-state index in [9.17, 15) is 4.79 Å². The summed E-state index contributed by atoms with van der Waals surface area (Å²) in [5, 5.41) is 4.52. The molecule has 20 heavy (non-hydrogen) atoms. The van der Waals surface area contributed by atoms with Crippen LogP contribution in [-0.4, -0.2) is 25.6 Å². The second kappa shape index (κ2) is 5.26. The molecule has 0 aliphatic rings. The van der Waals surface area contributed by atoms with Crippen molar-refractivity contribution in [1.82, 2.24) is 19.6 Å². The summed E-state index contributed by atoms with van der Waals surface area (Å²) in [6.45, 7) is 0. The number of nitrogens with zero attached hydrogens (tertiary/aromatic N) is 4. The van der Waals surface area contributed by atoms with Gasteiger partial charge in [-0.1, -0.05) is 11.6 Å². The molecule has 0 unspecified atom stereocenters. The smallest absolute Gasteiger partial charge is 0.317 e. The van der Waals surface area contributed by atoms with Crippen LogP contribution in [0.5, 0.6) is 5.75 Å². The molecule has 0 fully saturated rings. The highest BCUT2D eigenvalue weighted by atomic mass is 35.5. The fourth-order valence-electron chi connectivity index (χ4n) is 1.67. The molecule has 0 N–H and O–H groups in total. The van der Waals surface area contributed by atoms with Crippen LogP contribution in [0.3, 0.4) is 0 Å². The monoisotopic (exact) mass is 288 g/mol. The molecular formula is C13H9ClN4O2. The fraction of sp³-hybridized carbons (Fsp3) is 0.0769. The second-order valence-corrected chi connectivity index (χ2v) is 4.46. The van der Waals surface area contributed by atoms with Crippen molar-refractivity contribution in [2.45, 2.75) is 6.42 Å². The standard InChI is InChI=1S/C13H9ClN4O2/c14-9-1-3-11(4-2-9)20-12(19)7-10-5-6-18-13(17-10)15-8-16-18/h1-6,8H,7H2. The minimum Gasteiger partial charge on any atom is -0.426 e. The first kappa shape index (κ1) is 12.6. The van der Waals surface area contributed by atoms with Gasteiger partial charge in [0.05, 0.1) is 12.1 Å². The van der Waals surface area contributed by atoms with Crippen molar-refractivity contribution in [3.05, 3.63) is 53.6 Å². The maximum atomic E-state index is 11.8. The first-order valence-corrected chi connectivity index (χ1v) is 6.20. The first-order chi connectivity index (χ1) is 9.70. The van der Waals surface area contributed by atoms with Crippen LogP contribution in [0, 0.1) is 0 Å². The Balaban J connectivity index is 1.70. The number of esters is 1. The Hall–Kier alpha value is -2.47. The minimum absolute atomic E-state index is 0.0615. The molecule has 0 radical (unpaired) electrons. The van der Waals surface area contributed by atoms with E-state index in [4.69, 9.17) is 16.3 Å². The number of aromatic nitrogens is 4. The number of ether oxygens (including phenoxy) is 1. The fourth-order valence-corrected chi connectivity index (χ4v) is 1.79. The second-order valence-electron chi connectivity index (χ2n) is 4.03. The average molecular weight is 289 g/mol. The molecule has 100 valence electrons. The maximum absolute atomic E-state index is 11.8. The van der Waals surface area contributed by atoms with Gasteiger partial charge in [0.15, 0.2) is 0 Å². The Bertz CT molecular complexity index is 754. The molecule has 0 aliphatic carbocycles. The van der Waals surface area contributed by atoms with E-state index in [0.29, 0.717) is 22.2 Å². The van der Waals surface area contributed by atoms with Crippen LogP contribution >= 0.6 is 11.6 Å². The summed E-state index contributed by atoms with van der Waals surface area (Å²) >= 11 is 5.76. The van der Waals surface area contributed by atoms with Gasteiger partial charge in [-0.25, -0.2) is 9.50 Å². The van der Waals surface area contributed by atoms with Crippen LogP contribution in [0.2, 0.25) is 5.02 Å². The first-order valence-electron chi connectivity index (χ1n) is 5.82. The van der Waals surface area contributed by atoms with E-state index in [-0.39, 0.29) is 6.42 Å². The number of rotatable bonds is 3. The Morgan fingerprint density at radius 3 is 2.85 bits per heavy atom. The lowest BCUT2D eigenvalue weighted by molar-refractivity contribution is -0.133. The van der Waals surface area contributed by atoms with Gasteiger partial charge in [-0.15, -0.1) is 0 Å². The number of fused-ring (bicyclic) bond motifs is 1. The lowest BCUT2D eigenvalue weighted by atomic mass is 10.3. The Morgan fingerprint density at radius 1 is 1.25 bits per heavy atom. The van der Waals surface area contributed by atoms with Crippen molar-refractivity contribution < 1.29 is 9.53 Å². The molecular weight excluding hydrogens is 280 g/mol. The van der Waals surface area contributed by atoms with Gasteiger partial charge < -0.3 is 4.74 Å². The van der Waals surface area contributed by atoms with Crippen LogP contribution in [0.15, 0.2) is 42.9 Å². The number of carbonyl (C=O) groups is 1. The highest BCUT2D eigenvalue weighted by molar-refractivity contribution is 6.30. The zero-order valence-electron chi connectivity index (χ0n) is 10.2. The molecule has 2 heterocycles. The summed E-state index contributed by atoms with van der Waals surface area (Å²) in [6, 6.07) is 8.28. The normalized spacial score (nSPS) is 10.7. The minimum atomic E-state index is -0.399. The molecule has 0 aliphatic heterocycles. The largest absolute Gasteiger partial charge is 0.426 e. The third-order valence-electron chi connectivity index (χ3n) is 2.58. The van der Waals surface area contributed by atoms with Gasteiger partial charge in [0.2, 0.25) is 0 Å². The maximum Gasteiger partial charge on any atom is 0.317 e. The summed E-state index contributed by atoms with van der Waals surface area (Å²) in [5.41, 5.74) is 0.574. The number of benzene rings is 1. The van der Waals surface area contributed by atoms with E-state index in [2.05, 4.69) is 15.1 Å². The molecule has 0 amide bonds. The highest BCUT2D eigenvalue weighted by Gasteiger charge is 2.09. The van der Waals surface area contributed by atoms with Gasteiger partial charge in [0.25, 0.3) is 5.78 Å². The predicted molar refractivity (Wildman–Crippen MR) is 71.6 cm³/mol. The van der Waals surface area contributed by atoms with Crippen LogP contribution in [0.25, 0.3) is 5.78 Å². The van der Waals surface area contributed by atoms with Crippen LogP contribution < -0.4 is 4.74 Å². The lowest BCUT2D eigenvalue weighted by Crippen LogP contribution is -2.12.